The molecule has 0 fully saturated rings. The lowest BCUT2D eigenvalue weighted by molar-refractivity contribution is -0.139. The smallest absolute Gasteiger partial charge is 0.314 e. The van der Waals surface area contributed by atoms with Crippen LogP contribution in [-0.4, -0.2) is 21.0 Å². The molecule has 0 spiro atoms. The number of hydrogen-bond donors (Lipinski definition) is 2. The summed E-state index contributed by atoms with van der Waals surface area (Å²) in [5, 5.41) is 9.30. The van der Waals surface area contributed by atoms with Crippen LogP contribution in [0.4, 0.5) is 0 Å². The summed E-state index contributed by atoms with van der Waals surface area (Å²) in [6, 6.07) is 0. The first-order chi connectivity index (χ1) is 12.8. The Morgan fingerprint density at radius 2 is 1.35 bits per heavy atom. The van der Waals surface area contributed by atoms with Gasteiger partial charge in [0.1, 0.15) is 11.7 Å². The number of nitrogens with zero attached hydrogens (tertiary/aromatic N) is 1. The van der Waals surface area contributed by atoms with E-state index < -0.39 is 11.9 Å². The number of unbranched alkanes of at least 4 members (excludes halogenated alkanes) is 14. The van der Waals surface area contributed by atoms with Crippen molar-refractivity contribution in [3.05, 3.63) is 18.2 Å². The Morgan fingerprint density at radius 1 is 0.885 bits per heavy atom. The third-order valence-electron chi connectivity index (χ3n) is 5.24. The van der Waals surface area contributed by atoms with E-state index in [-0.39, 0.29) is 0 Å². The van der Waals surface area contributed by atoms with E-state index in [2.05, 4.69) is 16.9 Å². The number of imidazole rings is 1. The zero-order chi connectivity index (χ0) is 18.9. The van der Waals surface area contributed by atoms with Crippen LogP contribution in [0, 0.1) is 0 Å². The van der Waals surface area contributed by atoms with Crippen molar-refractivity contribution < 1.29 is 9.90 Å². The summed E-state index contributed by atoms with van der Waals surface area (Å²) in [5.74, 6) is -0.667. The van der Waals surface area contributed by atoms with Gasteiger partial charge in [0.05, 0.1) is 0 Å². The van der Waals surface area contributed by atoms with E-state index in [1.165, 1.54) is 83.5 Å². The SMILES string of the molecule is CCCCCCCCCCCCCCCCCC(C(=O)O)c1ncc[nH]1. The molecule has 1 aromatic rings. The number of hydrogen-bond acceptors (Lipinski definition) is 2. The summed E-state index contributed by atoms with van der Waals surface area (Å²) in [4.78, 5) is 18.3. The monoisotopic (exact) mass is 364 g/mol. The third-order valence-corrected chi connectivity index (χ3v) is 5.24. The van der Waals surface area contributed by atoms with Crippen molar-refractivity contribution in [1.82, 2.24) is 9.97 Å². The Hall–Kier alpha value is -1.32. The highest BCUT2D eigenvalue weighted by Crippen LogP contribution is 2.20. The van der Waals surface area contributed by atoms with Crippen molar-refractivity contribution in [2.75, 3.05) is 0 Å². The molecule has 0 saturated heterocycles. The fourth-order valence-corrected chi connectivity index (χ4v) is 3.56. The predicted octanol–water partition coefficient (Wildman–Crippen LogP) is 6.84. The van der Waals surface area contributed by atoms with Crippen LogP contribution < -0.4 is 0 Å². The number of rotatable bonds is 18. The topological polar surface area (TPSA) is 66.0 Å². The molecule has 0 bridgehead atoms. The van der Waals surface area contributed by atoms with E-state index in [9.17, 15) is 9.90 Å². The molecule has 0 aromatic carbocycles. The maximum absolute atomic E-state index is 11.3. The Morgan fingerprint density at radius 3 is 1.73 bits per heavy atom. The number of carbonyl (C=O) groups is 1. The second-order valence-electron chi connectivity index (χ2n) is 7.60. The molecule has 1 atom stereocenters. The molecule has 0 aliphatic rings. The minimum atomic E-state index is -0.773. The van der Waals surface area contributed by atoms with Crippen molar-refractivity contribution >= 4 is 5.97 Å². The number of aliphatic carboxylic acids is 1. The van der Waals surface area contributed by atoms with Gasteiger partial charge >= 0.3 is 5.97 Å². The van der Waals surface area contributed by atoms with Gasteiger partial charge < -0.3 is 10.1 Å². The maximum atomic E-state index is 11.3. The van der Waals surface area contributed by atoms with Gasteiger partial charge in [0.15, 0.2) is 0 Å². The van der Waals surface area contributed by atoms with Crippen LogP contribution in [0.5, 0.6) is 0 Å². The maximum Gasteiger partial charge on any atom is 0.314 e. The van der Waals surface area contributed by atoms with Gasteiger partial charge in [-0.2, -0.15) is 0 Å². The predicted molar refractivity (Wildman–Crippen MR) is 109 cm³/mol. The minimum absolute atomic E-state index is 0.480. The molecule has 4 nitrogen and oxygen atoms in total. The molecular weight excluding hydrogens is 324 g/mol. The molecular formula is C22H40N2O2. The standard InChI is InChI=1S/C22H40N2O2/c1-2-3-4-5-6-7-8-9-10-11-12-13-14-15-16-17-20(22(25)26)21-23-18-19-24-21/h18-20H,2-17H2,1H3,(H,23,24)(H,25,26). The number of H-pyrrole nitrogens is 1. The first kappa shape index (κ1) is 22.7. The first-order valence-corrected chi connectivity index (χ1v) is 11.0. The van der Waals surface area contributed by atoms with Crippen LogP contribution in [0.2, 0.25) is 0 Å². The Kier molecular flexibility index (Phi) is 13.9. The van der Waals surface area contributed by atoms with Crippen molar-refractivity contribution in [2.24, 2.45) is 0 Å². The number of carboxylic acids is 1. The molecule has 0 aliphatic heterocycles. The summed E-state index contributed by atoms with van der Waals surface area (Å²) in [5.41, 5.74) is 0. The van der Waals surface area contributed by atoms with Gasteiger partial charge in [-0.1, -0.05) is 103 Å². The van der Waals surface area contributed by atoms with Crippen molar-refractivity contribution in [3.8, 4) is 0 Å². The Labute approximate surface area is 160 Å². The Balaban J connectivity index is 1.85. The van der Waals surface area contributed by atoms with Crippen LogP contribution in [0.25, 0.3) is 0 Å². The fraction of sp³-hybridized carbons (Fsp3) is 0.818. The molecule has 1 aromatic heterocycles. The molecule has 1 heterocycles. The van der Waals surface area contributed by atoms with Gasteiger partial charge in [0, 0.05) is 12.4 Å². The largest absolute Gasteiger partial charge is 0.481 e. The number of carboxylic acid groups (broad SMARTS) is 1. The lowest BCUT2D eigenvalue weighted by atomic mass is 9.99. The highest BCUT2D eigenvalue weighted by molar-refractivity contribution is 5.74. The summed E-state index contributed by atoms with van der Waals surface area (Å²) in [7, 11) is 0. The van der Waals surface area contributed by atoms with Crippen LogP contribution >= 0.6 is 0 Å². The fourth-order valence-electron chi connectivity index (χ4n) is 3.56. The van der Waals surface area contributed by atoms with Crippen molar-refractivity contribution in [1.29, 1.82) is 0 Å². The lowest BCUT2D eigenvalue weighted by Gasteiger charge is -2.09. The lowest BCUT2D eigenvalue weighted by Crippen LogP contribution is -2.13. The van der Waals surface area contributed by atoms with E-state index in [1.54, 1.807) is 12.4 Å². The highest BCUT2D eigenvalue weighted by atomic mass is 16.4. The summed E-state index contributed by atoms with van der Waals surface area (Å²) in [6.07, 6.45) is 23.9. The highest BCUT2D eigenvalue weighted by Gasteiger charge is 2.21. The average molecular weight is 365 g/mol. The summed E-state index contributed by atoms with van der Waals surface area (Å²) in [6.45, 7) is 2.27. The van der Waals surface area contributed by atoms with E-state index in [0.717, 1.165) is 12.8 Å². The minimum Gasteiger partial charge on any atom is -0.481 e. The van der Waals surface area contributed by atoms with Crippen LogP contribution in [0.1, 0.15) is 121 Å². The second kappa shape index (κ2) is 15.9. The summed E-state index contributed by atoms with van der Waals surface area (Å²) >= 11 is 0. The normalized spacial score (nSPS) is 12.3. The molecule has 150 valence electrons. The van der Waals surface area contributed by atoms with Crippen LogP contribution in [-0.2, 0) is 4.79 Å². The zero-order valence-corrected chi connectivity index (χ0v) is 16.8. The van der Waals surface area contributed by atoms with E-state index >= 15 is 0 Å². The van der Waals surface area contributed by atoms with Gasteiger partial charge in [-0.25, -0.2) is 4.98 Å². The Bertz CT molecular complexity index is 431. The molecule has 0 radical (unpaired) electrons. The molecule has 0 amide bonds. The molecule has 0 saturated carbocycles. The van der Waals surface area contributed by atoms with E-state index in [0.29, 0.717) is 12.2 Å². The average Bonchev–Trinajstić information content (AvgIpc) is 3.15. The molecule has 4 heteroatoms. The number of nitrogens with one attached hydrogen (secondary N) is 1. The third kappa shape index (κ3) is 11.3. The van der Waals surface area contributed by atoms with Crippen LogP contribution in [0.15, 0.2) is 12.4 Å². The molecule has 1 unspecified atom stereocenters. The van der Waals surface area contributed by atoms with Crippen molar-refractivity contribution in [2.45, 2.75) is 116 Å². The van der Waals surface area contributed by atoms with Gasteiger partial charge in [-0.15, -0.1) is 0 Å². The van der Waals surface area contributed by atoms with Crippen molar-refractivity contribution in [3.63, 3.8) is 0 Å². The van der Waals surface area contributed by atoms with Gasteiger partial charge in [-0.05, 0) is 6.42 Å². The number of aromatic amines is 1. The quantitative estimate of drug-likeness (QED) is 0.280. The zero-order valence-electron chi connectivity index (χ0n) is 16.8. The summed E-state index contributed by atoms with van der Waals surface area (Å²) < 4.78 is 0. The molecule has 1 rings (SSSR count). The second-order valence-corrected chi connectivity index (χ2v) is 7.60. The van der Waals surface area contributed by atoms with Gasteiger partial charge in [0.2, 0.25) is 0 Å². The van der Waals surface area contributed by atoms with Crippen LogP contribution in [0.3, 0.4) is 0 Å². The number of aromatic nitrogens is 2. The molecule has 2 N–H and O–H groups in total. The first-order valence-electron chi connectivity index (χ1n) is 11.0. The van der Waals surface area contributed by atoms with Gasteiger partial charge in [-0.3, -0.25) is 4.79 Å². The van der Waals surface area contributed by atoms with E-state index in [4.69, 9.17) is 0 Å². The van der Waals surface area contributed by atoms with Gasteiger partial charge in [0.25, 0.3) is 0 Å². The van der Waals surface area contributed by atoms with E-state index in [1.807, 2.05) is 0 Å². The molecule has 0 aliphatic carbocycles. The molecule has 26 heavy (non-hydrogen) atoms.